The Morgan fingerprint density at radius 2 is 0.682 bits per heavy atom. The summed E-state index contributed by atoms with van der Waals surface area (Å²) in [5.41, 5.74) is 12.8. The number of esters is 3. The molecule has 18 N–H and O–H groups in total. The molecule has 54 nitrogen and oxygen atoms in total. The van der Waals surface area contributed by atoms with Crippen LogP contribution in [0.3, 0.4) is 0 Å². The van der Waals surface area contributed by atoms with E-state index in [4.69, 9.17) is 73.4 Å². The number of likely N-dealkylation sites (N-methyl/N-ethyl adjacent to an activating group) is 3. The summed E-state index contributed by atoms with van der Waals surface area (Å²) in [6.45, 7) is 4.48. The minimum atomic E-state index is -4.05. The van der Waals surface area contributed by atoms with Gasteiger partial charge in [0.2, 0.25) is 35.5 Å². The van der Waals surface area contributed by atoms with Crippen LogP contribution < -0.4 is 62.6 Å². The van der Waals surface area contributed by atoms with Crippen molar-refractivity contribution in [3.63, 3.8) is 0 Å². The summed E-state index contributed by atoms with van der Waals surface area (Å²) in [7, 11) is 8.36. The van der Waals surface area contributed by atoms with Gasteiger partial charge >= 0.3 is 56.2 Å². The maximum absolute atomic E-state index is 14.0. The number of ether oxygens (including phenoxy) is 9. The molecule has 0 aromatic carbocycles. The Labute approximate surface area is 747 Å². The van der Waals surface area contributed by atoms with Gasteiger partial charge in [0.1, 0.15) is 89.7 Å². The zero-order valence-electron chi connectivity index (χ0n) is 72.9. The summed E-state index contributed by atoms with van der Waals surface area (Å²) in [4.78, 5) is 150. The predicted molar refractivity (Wildman–Crippen MR) is 455 cm³/mol. The number of imide groups is 3. The number of amides is 9. The van der Waals surface area contributed by atoms with E-state index in [0.29, 0.717) is 34.1 Å². The minimum absolute atomic E-state index is 0.0942. The van der Waals surface area contributed by atoms with Gasteiger partial charge in [-0.2, -0.15) is 29.9 Å². The summed E-state index contributed by atoms with van der Waals surface area (Å²) in [6, 6.07) is -7.97. The zero-order chi connectivity index (χ0) is 95.6. The van der Waals surface area contributed by atoms with E-state index in [-0.39, 0.29) is 86.2 Å². The molecule has 129 heavy (non-hydrogen) atoms. The van der Waals surface area contributed by atoms with Crippen molar-refractivity contribution in [3.8, 4) is 17.6 Å². The van der Waals surface area contributed by atoms with Crippen molar-refractivity contribution in [3.05, 3.63) is 19.0 Å². The highest BCUT2D eigenvalue weighted by Gasteiger charge is 2.58. The third-order valence-electron chi connectivity index (χ3n) is 20.4. The highest BCUT2D eigenvalue weighted by Crippen LogP contribution is 2.60. The molecule has 6 fully saturated rings. The van der Waals surface area contributed by atoms with Crippen LogP contribution in [0.4, 0.5) is 32.2 Å². The van der Waals surface area contributed by atoms with E-state index in [2.05, 4.69) is 76.1 Å². The number of nitrogens with zero attached hydrogens (tertiary/aromatic N) is 15. The molecule has 6 aliphatic heterocycles. The molecule has 0 aliphatic carbocycles. The quantitative estimate of drug-likeness (QED) is 0.01000. The number of nitrogens with one attached hydrogen (secondary N) is 6. The van der Waals surface area contributed by atoms with E-state index in [1.165, 1.54) is 117 Å². The number of nitrogen functional groups attached to an aromatic ring is 3. The van der Waals surface area contributed by atoms with E-state index in [1.807, 2.05) is 0 Å². The first-order valence-corrected chi connectivity index (χ1v) is 49.0. The van der Waals surface area contributed by atoms with E-state index in [1.54, 1.807) is 41.5 Å². The predicted octanol–water partition coefficient (Wildman–Crippen LogP) is -0.707. The monoisotopic (exact) mass is 1940 g/mol. The number of urea groups is 3. The van der Waals surface area contributed by atoms with Gasteiger partial charge in [-0.25, -0.2) is 44.6 Å². The molecule has 12 heterocycles. The minimum Gasteiger partial charge on any atom is -0.479 e. The molecule has 7 unspecified atom stereocenters. The van der Waals surface area contributed by atoms with Crippen LogP contribution in [-0.2, 0) is 84.5 Å². The van der Waals surface area contributed by atoms with Crippen molar-refractivity contribution in [1.29, 1.82) is 0 Å². The van der Waals surface area contributed by atoms with Gasteiger partial charge in [-0.3, -0.25) is 72.1 Å². The number of aliphatic hydroxyl groups is 6. The molecule has 21 atom stereocenters. The summed E-state index contributed by atoms with van der Waals surface area (Å²) in [5, 5.41) is 81.2. The van der Waals surface area contributed by atoms with Gasteiger partial charge in [-0.1, -0.05) is 34.1 Å². The van der Waals surface area contributed by atoms with E-state index < -0.39 is 220 Å². The molecule has 6 aromatic rings. The molecule has 6 aromatic heterocycles. The second-order valence-electron chi connectivity index (χ2n) is 31.4. The average Bonchev–Trinajstić information content (AvgIpc) is 1.60. The first kappa shape index (κ1) is 102. The van der Waals surface area contributed by atoms with Crippen molar-refractivity contribution >= 4 is 159 Å². The Hall–Kier alpha value is -9.18. The Kier molecular flexibility index (Phi) is 32.3. The van der Waals surface area contributed by atoms with Gasteiger partial charge in [0, 0.05) is 38.4 Å². The number of hydrogen-bond donors (Lipinski definition) is 15. The van der Waals surface area contributed by atoms with Gasteiger partial charge in [-0.05, 0) is 83.1 Å². The summed E-state index contributed by atoms with van der Waals surface area (Å²) < 4.78 is 112. The molecule has 9 amide bonds. The van der Waals surface area contributed by atoms with Crippen molar-refractivity contribution < 1.29 is 144 Å². The number of methoxy groups -OCH3 is 3. The molecule has 714 valence electrons. The number of fused-ring (bicyclic) bond motifs is 3. The third kappa shape index (κ3) is 22.8. The van der Waals surface area contributed by atoms with Crippen molar-refractivity contribution in [2.45, 2.75) is 210 Å². The second kappa shape index (κ2) is 40.9. The molecule has 0 spiro atoms. The number of aromatic nitrogens is 12. The Balaban J connectivity index is 0.000000201. The Morgan fingerprint density at radius 3 is 0.884 bits per heavy atom. The van der Waals surface area contributed by atoms with E-state index >= 15 is 0 Å². The topological polar surface area (TPSA) is 728 Å². The lowest BCUT2D eigenvalue weighted by Crippen LogP contribution is -2.44. The smallest absolute Gasteiger partial charge is 0.327 e. The number of rotatable bonds is 36. The van der Waals surface area contributed by atoms with Crippen molar-refractivity contribution in [1.82, 2.24) is 104 Å². The lowest BCUT2D eigenvalue weighted by molar-refractivity contribution is -0.149. The fourth-order valence-electron chi connectivity index (χ4n) is 13.4. The Bertz CT molecular complexity index is 4820. The molecule has 60 heteroatoms. The maximum Gasteiger partial charge on any atom is 0.327 e. The lowest BCUT2D eigenvalue weighted by atomic mass is 9.96. The fraction of sp³-hybridized carbons (Fsp3) is 0.652. The zero-order valence-corrected chi connectivity index (χ0v) is 78.0. The molecular weight excluding hydrogens is 1830 g/mol. The molecule has 0 radical (unpaired) electrons. The first-order chi connectivity index (χ1) is 60.2. The van der Waals surface area contributed by atoms with Crippen molar-refractivity contribution in [2.75, 3.05) is 96.8 Å². The number of carbonyl (C=O) groups excluding carboxylic acids is 9. The average molecular weight is 1940 g/mol. The largest absolute Gasteiger partial charge is 0.479 e. The van der Waals surface area contributed by atoms with Gasteiger partial charge in [0.05, 0.1) is 78.4 Å². The fourth-order valence-corrected chi connectivity index (χ4v) is 25.3. The van der Waals surface area contributed by atoms with Gasteiger partial charge in [0.15, 0.2) is 52.2 Å². The van der Waals surface area contributed by atoms with Crippen LogP contribution in [0.15, 0.2) is 19.0 Å². The van der Waals surface area contributed by atoms with Gasteiger partial charge < -0.3 is 119 Å². The second-order valence-corrected chi connectivity index (χ2v) is 44.3. The standard InChI is InChI=1S/3C23H35N8O10PS/c3*1-10(2)40-19(34)11(3)29-42(37,43-8-12-17(33)27-22(35)30(12)5)39-7-13-15(32)23(4,36)20(41-13)31-9-25-14-16(31)26-21(24)28-18(14)38-6/h3*9-13,15,20,32,36H,7-8H2,1-6H3,(H,29,37)(H2,24,26,28)(H,27,33,35)/t11-,12?,13?,15+,20+,23+,42?;11-,12?,13?,15+,20+,23+,42-;11-,12?,13?,15-,20-,23-,42-/m001/s1. The number of imidazole rings is 3. The SMILES string of the molecule is COc1nc(N)nc2c1ncn2[C@@H]1OC(COP(=O)(N[C@@H](C)C(=O)OC(C)C)SCC2C(=O)NC(=O)N2C)[C@@H](O)[C@@]1(C)O.COc1nc(N)nc2c1ncn2[C@@H]1OC(CO[P@@](=O)(N[C@@H](C)C(=O)OC(C)C)SCC2C(=O)NC(=O)N2C)[C@@H](O)[C@@]1(C)O.COc1nc(N)nc2c1ncn2[C@@H]1OC(CO[P@](=O)(N[C@H](C)C(=O)OC(C)C)SCC2C(=O)NC(=O)N2C)[C@@H](O)[C@@]1(C)O. The number of carbonyl (C=O) groups is 9. The lowest BCUT2D eigenvalue weighted by Gasteiger charge is -2.27. The molecule has 0 saturated carbocycles. The van der Waals surface area contributed by atoms with E-state index in [0.717, 1.165) is 14.7 Å². The normalized spacial score (nSPS) is 27.9. The van der Waals surface area contributed by atoms with Crippen LogP contribution in [-0.4, -0.2) is 345 Å². The summed E-state index contributed by atoms with van der Waals surface area (Å²) in [5.74, 6) is -4.39. The van der Waals surface area contributed by atoms with Crippen molar-refractivity contribution in [2.24, 2.45) is 0 Å². The van der Waals surface area contributed by atoms with E-state index in [9.17, 15) is 87.5 Å². The highest BCUT2D eigenvalue weighted by molar-refractivity contribution is 8.56. The van der Waals surface area contributed by atoms with Gasteiger partial charge in [0.25, 0.3) is 17.7 Å². The van der Waals surface area contributed by atoms with Crippen LogP contribution in [0.2, 0.25) is 0 Å². The van der Waals surface area contributed by atoms with Crippen LogP contribution in [0, 0.1) is 0 Å². The van der Waals surface area contributed by atoms with Gasteiger partial charge in [-0.15, -0.1) is 0 Å². The first-order valence-electron chi connectivity index (χ1n) is 39.4. The molecule has 6 aliphatic rings. The summed E-state index contributed by atoms with van der Waals surface area (Å²) >= 11 is 2.06. The number of nitrogens with two attached hydrogens (primary N) is 3. The van der Waals surface area contributed by atoms with Crippen LogP contribution >= 0.6 is 54.3 Å². The maximum atomic E-state index is 14.0. The van der Waals surface area contributed by atoms with Crippen LogP contribution in [0.25, 0.3) is 33.5 Å². The number of anilines is 3. The molecule has 12 rings (SSSR count). The molecule has 0 bridgehead atoms. The Morgan fingerprint density at radius 1 is 0.450 bits per heavy atom. The number of hydrogen-bond acceptors (Lipinski definition) is 45. The summed E-state index contributed by atoms with van der Waals surface area (Å²) in [6.07, 6.45) is -9.48. The highest BCUT2D eigenvalue weighted by atomic mass is 32.7. The van der Waals surface area contributed by atoms with Crippen LogP contribution in [0.5, 0.6) is 17.6 Å². The molecule has 6 saturated heterocycles. The number of aliphatic hydroxyl groups excluding tert-OH is 3. The van der Waals surface area contributed by atoms with Crippen LogP contribution in [0.1, 0.15) is 102 Å². The molecular formula is C69H105N24O30P3S3. The third-order valence-corrected chi connectivity index (χ3v) is 32.7.